The van der Waals surface area contributed by atoms with Gasteiger partial charge in [0.2, 0.25) is 5.82 Å². The van der Waals surface area contributed by atoms with Gasteiger partial charge in [-0.15, -0.1) is 5.10 Å². The molecule has 0 spiro atoms. The number of amides is 1. The van der Waals surface area contributed by atoms with Crippen LogP contribution >= 0.6 is 15.9 Å². The second kappa shape index (κ2) is 9.12. The van der Waals surface area contributed by atoms with Crippen LogP contribution in [0.25, 0.3) is 17.1 Å². The largest absolute Gasteiger partial charge is 0.385 e. The summed E-state index contributed by atoms with van der Waals surface area (Å²) in [6.07, 6.45) is 0.736. The zero-order valence-electron chi connectivity index (χ0n) is 16.2. The maximum absolute atomic E-state index is 12.5. The number of carbonyl (C=O) groups is 1. The summed E-state index contributed by atoms with van der Waals surface area (Å²) >= 11 is 3.45. The first-order valence-corrected chi connectivity index (χ1v) is 9.86. The summed E-state index contributed by atoms with van der Waals surface area (Å²) in [6, 6.07) is 13.9. The molecule has 7 heteroatoms. The Labute approximate surface area is 173 Å². The van der Waals surface area contributed by atoms with Crippen molar-refractivity contribution >= 4 is 21.8 Å². The summed E-state index contributed by atoms with van der Waals surface area (Å²) in [5.74, 6) is 0.484. The first-order chi connectivity index (χ1) is 13.5. The zero-order valence-corrected chi connectivity index (χ0v) is 17.8. The third-order valence-electron chi connectivity index (χ3n) is 4.32. The maximum atomic E-state index is 12.5. The minimum absolute atomic E-state index is 0.149. The average molecular weight is 443 g/mol. The molecule has 0 aliphatic rings. The Morgan fingerprint density at radius 1 is 1.18 bits per heavy atom. The van der Waals surface area contributed by atoms with Gasteiger partial charge >= 0.3 is 0 Å². The summed E-state index contributed by atoms with van der Waals surface area (Å²) in [4.78, 5) is 17.1. The molecule has 1 amide bonds. The van der Waals surface area contributed by atoms with E-state index in [1.165, 1.54) is 0 Å². The number of aryl methyl sites for hydroxylation is 2. The van der Waals surface area contributed by atoms with Crippen LogP contribution in [-0.2, 0) is 4.74 Å². The Kier molecular flexibility index (Phi) is 6.59. The molecule has 0 radical (unpaired) electrons. The van der Waals surface area contributed by atoms with Crippen LogP contribution in [0, 0.1) is 13.8 Å². The van der Waals surface area contributed by atoms with Gasteiger partial charge in [0.05, 0.1) is 5.69 Å². The lowest BCUT2D eigenvalue weighted by molar-refractivity contribution is 0.0938. The SMILES string of the molecule is COCCCNC(=O)c1nc(-c2ccc(Br)cc2)n(-c2cc(C)ccc2C)n1. The van der Waals surface area contributed by atoms with Gasteiger partial charge in [-0.2, -0.15) is 0 Å². The second-order valence-corrected chi connectivity index (χ2v) is 7.49. The molecule has 1 N–H and O–H groups in total. The number of ether oxygens (including phenoxy) is 1. The van der Waals surface area contributed by atoms with Gasteiger partial charge in [0.25, 0.3) is 5.91 Å². The molecular formula is C21H23BrN4O2. The number of benzene rings is 2. The molecule has 0 atom stereocenters. The van der Waals surface area contributed by atoms with E-state index in [1.54, 1.807) is 11.8 Å². The number of hydrogen-bond acceptors (Lipinski definition) is 4. The van der Waals surface area contributed by atoms with E-state index >= 15 is 0 Å². The fraction of sp³-hybridized carbons (Fsp3) is 0.286. The van der Waals surface area contributed by atoms with Gasteiger partial charge in [0, 0.05) is 30.3 Å². The molecule has 0 aliphatic heterocycles. The van der Waals surface area contributed by atoms with Gasteiger partial charge in [-0.25, -0.2) is 9.67 Å². The number of halogens is 1. The van der Waals surface area contributed by atoms with Crippen LogP contribution < -0.4 is 5.32 Å². The lowest BCUT2D eigenvalue weighted by atomic mass is 10.1. The number of rotatable bonds is 7. The molecule has 3 rings (SSSR count). The highest BCUT2D eigenvalue weighted by Crippen LogP contribution is 2.25. The van der Waals surface area contributed by atoms with Crippen LogP contribution in [-0.4, -0.2) is 40.9 Å². The maximum Gasteiger partial charge on any atom is 0.290 e. The highest BCUT2D eigenvalue weighted by atomic mass is 79.9. The first-order valence-electron chi connectivity index (χ1n) is 9.07. The Morgan fingerprint density at radius 2 is 1.93 bits per heavy atom. The van der Waals surface area contributed by atoms with Crippen LogP contribution in [0.1, 0.15) is 28.2 Å². The fourth-order valence-electron chi connectivity index (χ4n) is 2.81. The van der Waals surface area contributed by atoms with E-state index in [0.29, 0.717) is 19.0 Å². The average Bonchev–Trinajstić information content (AvgIpc) is 3.13. The molecule has 0 saturated carbocycles. The van der Waals surface area contributed by atoms with E-state index < -0.39 is 0 Å². The van der Waals surface area contributed by atoms with E-state index in [1.807, 2.05) is 50.2 Å². The predicted octanol–water partition coefficient (Wildman–Crippen LogP) is 4.08. The number of hydrogen-bond donors (Lipinski definition) is 1. The predicted molar refractivity (Wildman–Crippen MR) is 113 cm³/mol. The van der Waals surface area contributed by atoms with Crippen molar-refractivity contribution in [3.05, 3.63) is 63.9 Å². The van der Waals surface area contributed by atoms with Crippen LogP contribution in [0.15, 0.2) is 46.9 Å². The Balaban J connectivity index is 2.01. The molecule has 28 heavy (non-hydrogen) atoms. The van der Waals surface area contributed by atoms with Crippen molar-refractivity contribution in [1.82, 2.24) is 20.1 Å². The van der Waals surface area contributed by atoms with Crippen LogP contribution in [0.3, 0.4) is 0 Å². The molecule has 0 saturated heterocycles. The number of nitrogens with one attached hydrogen (secondary N) is 1. The van der Waals surface area contributed by atoms with Crippen molar-refractivity contribution in [2.75, 3.05) is 20.3 Å². The third kappa shape index (κ3) is 4.66. The molecule has 1 heterocycles. The number of nitrogens with zero attached hydrogens (tertiary/aromatic N) is 3. The van der Waals surface area contributed by atoms with Crippen molar-refractivity contribution in [2.24, 2.45) is 0 Å². The number of aromatic nitrogens is 3. The summed E-state index contributed by atoms with van der Waals surface area (Å²) < 4.78 is 7.73. The van der Waals surface area contributed by atoms with Crippen LogP contribution in [0.2, 0.25) is 0 Å². The summed E-state index contributed by atoms with van der Waals surface area (Å²) in [7, 11) is 1.64. The van der Waals surface area contributed by atoms with Crippen LogP contribution in [0.4, 0.5) is 0 Å². The first kappa shape index (κ1) is 20.2. The van der Waals surface area contributed by atoms with Gasteiger partial charge in [-0.05, 0) is 49.6 Å². The molecule has 6 nitrogen and oxygen atoms in total. The Bertz CT molecular complexity index is 967. The monoisotopic (exact) mass is 442 g/mol. The molecular weight excluding hydrogens is 420 g/mol. The molecule has 3 aromatic rings. The molecule has 0 bridgehead atoms. The lowest BCUT2D eigenvalue weighted by Gasteiger charge is -2.10. The number of carbonyl (C=O) groups excluding carboxylic acids is 1. The van der Waals surface area contributed by atoms with Gasteiger partial charge in [-0.1, -0.05) is 40.2 Å². The van der Waals surface area contributed by atoms with Crippen molar-refractivity contribution in [1.29, 1.82) is 0 Å². The van der Waals surface area contributed by atoms with Gasteiger partial charge in [0.15, 0.2) is 5.82 Å². The van der Waals surface area contributed by atoms with Crippen molar-refractivity contribution in [3.8, 4) is 17.1 Å². The molecule has 0 aliphatic carbocycles. The fourth-order valence-corrected chi connectivity index (χ4v) is 3.07. The topological polar surface area (TPSA) is 69.0 Å². The quantitative estimate of drug-likeness (QED) is 0.559. The molecule has 0 fully saturated rings. The number of methoxy groups -OCH3 is 1. The van der Waals surface area contributed by atoms with Crippen molar-refractivity contribution in [2.45, 2.75) is 20.3 Å². The standard InChI is InChI=1S/C21H23BrN4O2/c1-14-5-6-15(2)18(13-14)26-20(16-7-9-17(22)10-8-16)24-19(25-26)21(27)23-11-4-12-28-3/h5-10,13H,4,11-12H2,1-3H3,(H,23,27). The summed E-state index contributed by atoms with van der Waals surface area (Å²) in [5, 5.41) is 7.38. The third-order valence-corrected chi connectivity index (χ3v) is 4.84. The lowest BCUT2D eigenvalue weighted by Crippen LogP contribution is -2.26. The van der Waals surface area contributed by atoms with Gasteiger partial charge in [0.1, 0.15) is 0 Å². The zero-order chi connectivity index (χ0) is 20.1. The normalized spacial score (nSPS) is 10.9. The Morgan fingerprint density at radius 3 is 2.64 bits per heavy atom. The van der Waals surface area contributed by atoms with E-state index in [-0.39, 0.29) is 11.7 Å². The van der Waals surface area contributed by atoms with Crippen LogP contribution in [0.5, 0.6) is 0 Å². The summed E-state index contributed by atoms with van der Waals surface area (Å²) in [5.41, 5.74) is 3.96. The minimum atomic E-state index is -0.293. The Hall–Kier alpha value is -2.51. The van der Waals surface area contributed by atoms with Crippen molar-refractivity contribution < 1.29 is 9.53 Å². The molecule has 2 aromatic carbocycles. The van der Waals surface area contributed by atoms with E-state index in [4.69, 9.17) is 4.74 Å². The highest BCUT2D eigenvalue weighted by Gasteiger charge is 2.19. The molecule has 1 aromatic heterocycles. The molecule has 146 valence electrons. The van der Waals surface area contributed by atoms with Gasteiger partial charge in [-0.3, -0.25) is 4.79 Å². The van der Waals surface area contributed by atoms with E-state index in [0.717, 1.165) is 33.3 Å². The second-order valence-electron chi connectivity index (χ2n) is 6.57. The summed E-state index contributed by atoms with van der Waals surface area (Å²) in [6.45, 7) is 5.15. The highest BCUT2D eigenvalue weighted by molar-refractivity contribution is 9.10. The van der Waals surface area contributed by atoms with Gasteiger partial charge < -0.3 is 10.1 Å². The van der Waals surface area contributed by atoms with Crippen molar-refractivity contribution in [3.63, 3.8) is 0 Å². The minimum Gasteiger partial charge on any atom is -0.385 e. The van der Waals surface area contributed by atoms with E-state index in [2.05, 4.69) is 37.4 Å². The molecule has 0 unspecified atom stereocenters. The van der Waals surface area contributed by atoms with E-state index in [9.17, 15) is 4.79 Å². The smallest absolute Gasteiger partial charge is 0.290 e.